The van der Waals surface area contributed by atoms with Crippen molar-refractivity contribution >= 4 is 5.65 Å². The molecule has 1 fully saturated rings. The van der Waals surface area contributed by atoms with E-state index in [2.05, 4.69) is 20.5 Å². The molecular formula is C28H22F3N5O. The van der Waals surface area contributed by atoms with Gasteiger partial charge in [0.05, 0.1) is 22.6 Å². The molecule has 0 atom stereocenters. The van der Waals surface area contributed by atoms with E-state index in [-0.39, 0.29) is 11.4 Å². The maximum absolute atomic E-state index is 13.9. The van der Waals surface area contributed by atoms with Crippen molar-refractivity contribution in [2.24, 2.45) is 0 Å². The largest absolute Gasteiger partial charge is 0.507 e. The number of hydrogen-bond acceptors (Lipinski definition) is 5. The summed E-state index contributed by atoms with van der Waals surface area (Å²) in [6.45, 7) is 3.39. The fourth-order valence-corrected chi connectivity index (χ4v) is 4.66. The predicted octanol–water partition coefficient (Wildman–Crippen LogP) is 5.84. The topological polar surface area (TPSA) is 75.3 Å². The summed E-state index contributed by atoms with van der Waals surface area (Å²) < 4.78 is 43.2. The molecule has 0 unspecified atom stereocenters. The van der Waals surface area contributed by atoms with Gasteiger partial charge in [0.2, 0.25) is 0 Å². The fraction of sp³-hybridized carbons (Fsp3) is 0.179. The number of alkyl halides is 3. The third-order valence-corrected chi connectivity index (χ3v) is 6.69. The molecule has 186 valence electrons. The molecule has 9 heteroatoms. The van der Waals surface area contributed by atoms with Gasteiger partial charge in [0.15, 0.2) is 0 Å². The molecule has 0 saturated carbocycles. The third kappa shape index (κ3) is 4.21. The summed E-state index contributed by atoms with van der Waals surface area (Å²) in [4.78, 5) is 4.07. The molecule has 0 amide bonds. The zero-order valence-electron chi connectivity index (χ0n) is 19.8. The van der Waals surface area contributed by atoms with Gasteiger partial charge in [-0.05, 0) is 53.9 Å². The Balaban J connectivity index is 1.52. The smallest absolute Gasteiger partial charge is 0.420 e. The Labute approximate surface area is 210 Å². The molecule has 6 nitrogen and oxygen atoms in total. The highest BCUT2D eigenvalue weighted by Crippen LogP contribution is 2.40. The van der Waals surface area contributed by atoms with Crippen molar-refractivity contribution in [3.8, 4) is 39.3 Å². The average Bonchev–Trinajstić information content (AvgIpc) is 3.22. The first-order valence-electron chi connectivity index (χ1n) is 11.8. The van der Waals surface area contributed by atoms with Crippen molar-refractivity contribution in [2.75, 3.05) is 13.1 Å². The zero-order valence-corrected chi connectivity index (χ0v) is 19.8. The SMILES string of the molecule is Cc1cn2cc(-c3ccc(-c4ccc(C5CNC5)nn4)c(-c4ccccc4O)c3)cc(C(F)(F)F)c2n1. The van der Waals surface area contributed by atoms with Gasteiger partial charge < -0.3 is 14.8 Å². The second kappa shape index (κ2) is 8.70. The fourth-order valence-electron chi connectivity index (χ4n) is 4.66. The number of aryl methyl sites for hydroxylation is 1. The molecule has 0 bridgehead atoms. The maximum Gasteiger partial charge on any atom is 0.420 e. The molecule has 1 aliphatic heterocycles. The number of halogens is 3. The van der Waals surface area contributed by atoms with Crippen LogP contribution in [0.3, 0.4) is 0 Å². The van der Waals surface area contributed by atoms with Crippen molar-refractivity contribution < 1.29 is 18.3 Å². The van der Waals surface area contributed by atoms with Gasteiger partial charge in [-0.15, -0.1) is 0 Å². The van der Waals surface area contributed by atoms with Crippen molar-refractivity contribution in [1.82, 2.24) is 24.9 Å². The van der Waals surface area contributed by atoms with Gasteiger partial charge >= 0.3 is 6.18 Å². The highest BCUT2D eigenvalue weighted by Gasteiger charge is 2.34. The summed E-state index contributed by atoms with van der Waals surface area (Å²) >= 11 is 0. The predicted molar refractivity (Wildman–Crippen MR) is 134 cm³/mol. The summed E-state index contributed by atoms with van der Waals surface area (Å²) in [5.41, 5.74) is 3.90. The molecule has 0 radical (unpaired) electrons. The van der Waals surface area contributed by atoms with Crippen LogP contribution >= 0.6 is 0 Å². The molecule has 4 heterocycles. The average molecular weight is 502 g/mol. The van der Waals surface area contributed by atoms with Crippen LogP contribution in [0.4, 0.5) is 13.2 Å². The van der Waals surface area contributed by atoms with Crippen LogP contribution in [0.25, 0.3) is 39.2 Å². The van der Waals surface area contributed by atoms with Crippen LogP contribution in [0.2, 0.25) is 0 Å². The number of para-hydroxylation sites is 1. The lowest BCUT2D eigenvalue weighted by molar-refractivity contribution is -0.136. The van der Waals surface area contributed by atoms with Gasteiger partial charge in [-0.3, -0.25) is 0 Å². The molecule has 5 aromatic rings. The van der Waals surface area contributed by atoms with Gasteiger partial charge in [-0.2, -0.15) is 23.4 Å². The van der Waals surface area contributed by atoms with Crippen LogP contribution in [0, 0.1) is 6.92 Å². The first-order chi connectivity index (χ1) is 17.8. The molecule has 0 spiro atoms. The van der Waals surface area contributed by atoms with Crippen LogP contribution in [-0.4, -0.2) is 37.8 Å². The normalized spacial score (nSPS) is 14.2. The molecule has 37 heavy (non-hydrogen) atoms. The molecule has 3 aromatic heterocycles. The number of phenolic OH excluding ortho intramolecular Hbond substituents is 1. The van der Waals surface area contributed by atoms with Crippen LogP contribution in [0.15, 0.2) is 73.1 Å². The summed E-state index contributed by atoms with van der Waals surface area (Å²) in [6, 6.07) is 17.2. The number of benzene rings is 2. The van der Waals surface area contributed by atoms with E-state index in [1.165, 1.54) is 4.40 Å². The minimum atomic E-state index is -4.57. The maximum atomic E-state index is 13.9. The van der Waals surface area contributed by atoms with Crippen molar-refractivity contribution in [3.63, 3.8) is 0 Å². The Morgan fingerprint density at radius 3 is 2.38 bits per heavy atom. The summed E-state index contributed by atoms with van der Waals surface area (Å²) in [7, 11) is 0. The Bertz CT molecular complexity index is 1620. The van der Waals surface area contributed by atoms with E-state index < -0.39 is 11.7 Å². The quantitative estimate of drug-likeness (QED) is 0.323. The molecular weight excluding hydrogens is 479 g/mol. The second-order valence-corrected chi connectivity index (χ2v) is 9.23. The molecule has 6 rings (SSSR count). The van der Waals surface area contributed by atoms with E-state index in [4.69, 9.17) is 0 Å². The van der Waals surface area contributed by atoms with Gasteiger partial charge in [0, 0.05) is 42.5 Å². The van der Waals surface area contributed by atoms with Crippen LogP contribution in [0.1, 0.15) is 22.9 Å². The van der Waals surface area contributed by atoms with Crippen molar-refractivity contribution in [2.45, 2.75) is 19.0 Å². The van der Waals surface area contributed by atoms with Gasteiger partial charge in [0.1, 0.15) is 11.4 Å². The number of nitrogens with one attached hydrogen (secondary N) is 1. The molecule has 2 aromatic carbocycles. The van der Waals surface area contributed by atoms with Crippen LogP contribution in [0.5, 0.6) is 5.75 Å². The first kappa shape index (κ1) is 23.2. The lowest BCUT2D eigenvalue weighted by atomic mass is 9.92. The number of fused-ring (bicyclic) bond motifs is 1. The Morgan fingerprint density at radius 2 is 1.70 bits per heavy atom. The highest BCUT2D eigenvalue weighted by molar-refractivity contribution is 5.88. The number of hydrogen-bond donors (Lipinski definition) is 2. The first-order valence-corrected chi connectivity index (χ1v) is 11.8. The number of imidazole rings is 1. The molecule has 1 saturated heterocycles. The van der Waals surface area contributed by atoms with Gasteiger partial charge in [-0.1, -0.05) is 30.3 Å². The lowest BCUT2D eigenvalue weighted by Crippen LogP contribution is -2.40. The molecule has 2 N–H and O–H groups in total. The number of pyridine rings is 1. The summed E-state index contributed by atoms with van der Waals surface area (Å²) in [6.07, 6.45) is -1.36. The van der Waals surface area contributed by atoms with Crippen LogP contribution < -0.4 is 5.32 Å². The molecule has 1 aliphatic rings. The summed E-state index contributed by atoms with van der Waals surface area (Å²) in [5.74, 6) is 0.397. The van der Waals surface area contributed by atoms with Crippen LogP contribution in [-0.2, 0) is 6.18 Å². The number of phenols is 1. The Morgan fingerprint density at radius 1 is 0.892 bits per heavy atom. The minimum absolute atomic E-state index is 0.0580. The monoisotopic (exact) mass is 501 g/mol. The van der Waals surface area contributed by atoms with Gasteiger partial charge in [-0.25, -0.2) is 4.98 Å². The minimum Gasteiger partial charge on any atom is -0.507 e. The number of rotatable bonds is 4. The Hall–Kier alpha value is -4.24. The van der Waals surface area contributed by atoms with E-state index in [0.29, 0.717) is 45.1 Å². The molecule has 0 aliphatic carbocycles. The number of nitrogens with zero attached hydrogens (tertiary/aromatic N) is 4. The van der Waals surface area contributed by atoms with E-state index >= 15 is 0 Å². The second-order valence-electron chi connectivity index (χ2n) is 9.23. The zero-order chi connectivity index (χ0) is 25.7. The number of aromatic hydroxyl groups is 1. The van der Waals surface area contributed by atoms with E-state index in [9.17, 15) is 18.3 Å². The lowest BCUT2D eigenvalue weighted by Gasteiger charge is -2.26. The Kier molecular flexibility index (Phi) is 5.45. The highest BCUT2D eigenvalue weighted by atomic mass is 19.4. The third-order valence-electron chi connectivity index (χ3n) is 6.69. The standard InChI is InChI=1S/C28H22F3N5O/c1-16-14-36-15-18(11-23(27(36)33-16)28(29,30)31)17-6-7-20(22(10-17)21-4-2-3-5-26(21)37)25-9-8-24(34-35-25)19-12-32-13-19/h2-11,14-15,19,32,37H,12-13H2,1H3. The summed E-state index contributed by atoms with van der Waals surface area (Å²) in [5, 5.41) is 22.7. The van der Waals surface area contributed by atoms with Gasteiger partial charge in [0.25, 0.3) is 0 Å². The van der Waals surface area contributed by atoms with E-state index in [0.717, 1.165) is 24.8 Å². The van der Waals surface area contributed by atoms with Crippen molar-refractivity contribution in [1.29, 1.82) is 0 Å². The van der Waals surface area contributed by atoms with E-state index in [1.54, 1.807) is 55.7 Å². The van der Waals surface area contributed by atoms with Crippen molar-refractivity contribution in [3.05, 3.63) is 90.0 Å². The number of aromatic nitrogens is 4. The van der Waals surface area contributed by atoms with E-state index in [1.807, 2.05) is 18.2 Å².